The van der Waals surface area contributed by atoms with Crippen LogP contribution >= 0.6 is 0 Å². The molecular formula is C18H24N4O3. The Morgan fingerprint density at radius 3 is 2.48 bits per heavy atom. The number of aromatic amines is 1. The van der Waals surface area contributed by atoms with Crippen molar-refractivity contribution in [3.63, 3.8) is 0 Å². The summed E-state index contributed by atoms with van der Waals surface area (Å²) in [6.45, 7) is 5.71. The minimum Gasteiger partial charge on any atom is -0.465 e. The Kier molecular flexibility index (Phi) is 4.49. The van der Waals surface area contributed by atoms with Gasteiger partial charge in [-0.25, -0.2) is 14.8 Å². The van der Waals surface area contributed by atoms with E-state index < -0.39 is 11.6 Å². The second kappa shape index (κ2) is 6.46. The monoisotopic (exact) mass is 344 g/mol. The first-order valence-corrected chi connectivity index (χ1v) is 8.63. The van der Waals surface area contributed by atoms with Crippen LogP contribution in [0.5, 0.6) is 0 Å². The lowest BCUT2D eigenvalue weighted by atomic mass is 9.81. The summed E-state index contributed by atoms with van der Waals surface area (Å²) in [7, 11) is 0. The zero-order chi connectivity index (χ0) is 18.2. The van der Waals surface area contributed by atoms with Gasteiger partial charge in [0, 0.05) is 29.1 Å². The molecule has 134 valence electrons. The average molecular weight is 344 g/mol. The lowest BCUT2D eigenvalue weighted by Gasteiger charge is -2.42. The highest BCUT2D eigenvalue weighted by molar-refractivity contribution is 6.06. The molecule has 1 aliphatic carbocycles. The third-order valence-corrected chi connectivity index (χ3v) is 4.95. The molecule has 0 radical (unpaired) electrons. The maximum atomic E-state index is 12.9. The van der Waals surface area contributed by atoms with Gasteiger partial charge < -0.3 is 15.0 Å². The number of amides is 1. The molecule has 3 rings (SSSR count). The number of Topliss-reactive ketones (excluding diaryl/α,β-unsaturated/α-hetero) is 1. The van der Waals surface area contributed by atoms with Crippen molar-refractivity contribution in [3.8, 4) is 0 Å². The number of H-pyrrole nitrogens is 1. The minimum absolute atomic E-state index is 0.0306. The van der Waals surface area contributed by atoms with Crippen LogP contribution in [-0.2, 0) is 0 Å². The third-order valence-electron chi connectivity index (χ3n) is 4.95. The maximum Gasteiger partial charge on any atom is 0.407 e. The van der Waals surface area contributed by atoms with Crippen LogP contribution < -0.4 is 0 Å². The number of hydrogen-bond donors (Lipinski definition) is 2. The van der Waals surface area contributed by atoms with Crippen LogP contribution in [0.15, 0.2) is 18.6 Å². The molecule has 0 bridgehead atoms. The predicted molar refractivity (Wildman–Crippen MR) is 93.6 cm³/mol. The Balaban J connectivity index is 1.73. The molecule has 2 aromatic rings. The van der Waals surface area contributed by atoms with Gasteiger partial charge in [-0.15, -0.1) is 0 Å². The van der Waals surface area contributed by atoms with Crippen molar-refractivity contribution in [1.82, 2.24) is 19.9 Å². The van der Waals surface area contributed by atoms with Crippen molar-refractivity contribution < 1.29 is 14.7 Å². The van der Waals surface area contributed by atoms with Crippen molar-refractivity contribution in [2.75, 3.05) is 0 Å². The molecule has 2 aromatic heterocycles. The maximum absolute atomic E-state index is 12.9. The van der Waals surface area contributed by atoms with Gasteiger partial charge in [0.2, 0.25) is 0 Å². The van der Waals surface area contributed by atoms with Crippen LogP contribution in [0.25, 0.3) is 11.0 Å². The first-order valence-electron chi connectivity index (χ1n) is 8.63. The number of ketones is 1. The fraction of sp³-hybridized carbons (Fsp3) is 0.556. The summed E-state index contributed by atoms with van der Waals surface area (Å²) in [5, 5.41) is 10.3. The molecule has 0 aliphatic heterocycles. The van der Waals surface area contributed by atoms with Crippen LogP contribution in [0.2, 0.25) is 0 Å². The van der Waals surface area contributed by atoms with E-state index in [0.29, 0.717) is 37.0 Å². The highest BCUT2D eigenvalue weighted by Gasteiger charge is 2.37. The first kappa shape index (κ1) is 17.4. The molecule has 7 heteroatoms. The average Bonchev–Trinajstić information content (AvgIpc) is 3.01. The molecule has 1 amide bonds. The molecule has 0 spiro atoms. The quantitative estimate of drug-likeness (QED) is 0.831. The number of nitrogens with zero attached hydrogens (tertiary/aromatic N) is 3. The summed E-state index contributed by atoms with van der Waals surface area (Å²) >= 11 is 0. The van der Waals surface area contributed by atoms with Crippen LogP contribution in [0, 0.1) is 5.92 Å². The molecule has 0 atom stereocenters. The lowest BCUT2D eigenvalue weighted by Crippen LogP contribution is -2.52. The van der Waals surface area contributed by atoms with Crippen LogP contribution in [-0.4, -0.2) is 48.4 Å². The smallest absolute Gasteiger partial charge is 0.407 e. The summed E-state index contributed by atoms with van der Waals surface area (Å²) in [4.78, 5) is 37.4. The highest BCUT2D eigenvalue weighted by atomic mass is 16.4. The second-order valence-corrected chi connectivity index (χ2v) is 7.66. The fourth-order valence-corrected chi connectivity index (χ4v) is 3.85. The number of carbonyl (C=O) groups excluding carboxylic acids is 1. The number of fused-ring (bicyclic) bond motifs is 1. The van der Waals surface area contributed by atoms with E-state index >= 15 is 0 Å². The molecule has 1 aliphatic rings. The van der Waals surface area contributed by atoms with Crippen molar-refractivity contribution >= 4 is 22.9 Å². The Morgan fingerprint density at radius 1 is 1.20 bits per heavy atom. The van der Waals surface area contributed by atoms with Gasteiger partial charge in [-0.2, -0.15) is 0 Å². The van der Waals surface area contributed by atoms with Gasteiger partial charge in [0.05, 0.1) is 0 Å². The standard InChI is InChI=1S/C18H24N4O3/c1-18(2,3)22(17(24)25)12-6-4-11(5-7-12)15(23)14-13-8-9-19-16(13)21-10-20-14/h8-12H,4-7H2,1-3H3,(H,24,25)(H,19,20,21)/t11-,12-. The number of rotatable bonds is 3. The first-order chi connectivity index (χ1) is 11.8. The van der Waals surface area contributed by atoms with E-state index in [1.807, 2.05) is 26.8 Å². The zero-order valence-electron chi connectivity index (χ0n) is 14.8. The molecule has 7 nitrogen and oxygen atoms in total. The number of aromatic nitrogens is 3. The van der Waals surface area contributed by atoms with Crippen LogP contribution in [0.1, 0.15) is 56.9 Å². The van der Waals surface area contributed by atoms with Gasteiger partial charge in [-0.1, -0.05) is 0 Å². The number of hydrogen-bond acceptors (Lipinski definition) is 4. The van der Waals surface area contributed by atoms with Crippen molar-refractivity contribution in [2.24, 2.45) is 5.92 Å². The highest BCUT2D eigenvalue weighted by Crippen LogP contribution is 2.33. The zero-order valence-corrected chi connectivity index (χ0v) is 14.8. The van der Waals surface area contributed by atoms with Crippen LogP contribution in [0.3, 0.4) is 0 Å². The van der Waals surface area contributed by atoms with Gasteiger partial charge >= 0.3 is 6.09 Å². The molecule has 2 N–H and O–H groups in total. The summed E-state index contributed by atoms with van der Waals surface area (Å²) in [5.41, 5.74) is 0.675. The van der Waals surface area contributed by atoms with Gasteiger partial charge in [-0.3, -0.25) is 4.79 Å². The van der Waals surface area contributed by atoms with Crippen LogP contribution in [0.4, 0.5) is 4.79 Å². The minimum atomic E-state index is -0.896. The molecule has 0 saturated heterocycles. The Bertz CT molecular complexity index is 785. The van der Waals surface area contributed by atoms with E-state index in [4.69, 9.17) is 0 Å². The van der Waals surface area contributed by atoms with Crippen molar-refractivity contribution in [1.29, 1.82) is 0 Å². The Labute approximate surface area is 146 Å². The molecule has 1 fully saturated rings. The SMILES string of the molecule is CC(C)(C)N(C(=O)O)[C@H]1CC[C@H](C(=O)c2ncnc3[nH]ccc23)CC1. The van der Waals surface area contributed by atoms with E-state index in [9.17, 15) is 14.7 Å². The summed E-state index contributed by atoms with van der Waals surface area (Å²) in [5.74, 6) is -0.0806. The summed E-state index contributed by atoms with van der Waals surface area (Å²) in [6, 6.07) is 1.78. The van der Waals surface area contributed by atoms with E-state index in [2.05, 4.69) is 15.0 Å². The molecule has 1 saturated carbocycles. The molecule has 0 unspecified atom stereocenters. The Morgan fingerprint density at radius 2 is 1.88 bits per heavy atom. The van der Waals surface area contributed by atoms with E-state index in [0.717, 1.165) is 5.39 Å². The fourth-order valence-electron chi connectivity index (χ4n) is 3.85. The number of carboxylic acid groups (broad SMARTS) is 1. The van der Waals surface area contributed by atoms with Crippen molar-refractivity contribution in [2.45, 2.75) is 58.0 Å². The number of carbonyl (C=O) groups is 2. The van der Waals surface area contributed by atoms with E-state index in [1.54, 1.807) is 6.20 Å². The molecule has 0 aromatic carbocycles. The lowest BCUT2D eigenvalue weighted by molar-refractivity contribution is 0.0488. The topological polar surface area (TPSA) is 99.2 Å². The van der Waals surface area contributed by atoms with Gasteiger partial charge in [0.15, 0.2) is 5.78 Å². The van der Waals surface area contributed by atoms with E-state index in [1.165, 1.54) is 11.2 Å². The largest absolute Gasteiger partial charge is 0.465 e. The summed E-state index contributed by atoms with van der Waals surface area (Å²) < 4.78 is 0. The van der Waals surface area contributed by atoms with Gasteiger partial charge in [0.1, 0.15) is 17.7 Å². The normalized spacial score (nSPS) is 21.2. The van der Waals surface area contributed by atoms with Gasteiger partial charge in [-0.05, 0) is 52.5 Å². The summed E-state index contributed by atoms with van der Waals surface area (Å²) in [6.07, 6.45) is 5.01. The molecule has 2 heterocycles. The Hall–Kier alpha value is -2.44. The predicted octanol–water partition coefficient (Wildman–Crippen LogP) is 3.48. The third kappa shape index (κ3) is 3.36. The molecule has 25 heavy (non-hydrogen) atoms. The van der Waals surface area contributed by atoms with Crippen molar-refractivity contribution in [3.05, 3.63) is 24.3 Å². The second-order valence-electron chi connectivity index (χ2n) is 7.66. The number of nitrogens with one attached hydrogen (secondary N) is 1. The van der Waals surface area contributed by atoms with E-state index in [-0.39, 0.29) is 17.7 Å². The molecular weight excluding hydrogens is 320 g/mol. The van der Waals surface area contributed by atoms with Gasteiger partial charge in [0.25, 0.3) is 0 Å².